The van der Waals surface area contributed by atoms with Crippen LogP contribution in [-0.2, 0) is 19.2 Å². The molecule has 2 N–H and O–H groups in total. The molecule has 2 amide bonds. The maximum atomic E-state index is 13.1. The van der Waals surface area contributed by atoms with E-state index in [0.717, 1.165) is 51.4 Å². The summed E-state index contributed by atoms with van der Waals surface area (Å²) in [6.07, 6.45) is 11.4. The van der Waals surface area contributed by atoms with E-state index in [9.17, 15) is 19.2 Å². The van der Waals surface area contributed by atoms with Gasteiger partial charge in [0.2, 0.25) is 11.8 Å². The highest BCUT2D eigenvalue weighted by molar-refractivity contribution is 5.93. The lowest BCUT2D eigenvalue weighted by atomic mass is 9.84. The molecule has 1 saturated carbocycles. The second-order valence-electron chi connectivity index (χ2n) is 9.36. The molecule has 178 valence electrons. The lowest BCUT2D eigenvalue weighted by molar-refractivity contribution is -0.134. The Morgan fingerprint density at radius 1 is 0.806 bits per heavy atom. The molecule has 31 heavy (non-hydrogen) atoms. The van der Waals surface area contributed by atoms with Crippen LogP contribution in [0.1, 0.15) is 111 Å². The van der Waals surface area contributed by atoms with Gasteiger partial charge in [0.15, 0.2) is 5.78 Å². The Bertz CT molecular complexity index is 584. The van der Waals surface area contributed by atoms with Gasteiger partial charge in [-0.1, -0.05) is 71.6 Å². The number of hydrogen-bond donors (Lipinski definition) is 2. The molecular weight excluding hydrogens is 392 g/mol. The van der Waals surface area contributed by atoms with E-state index in [0.29, 0.717) is 25.2 Å². The zero-order valence-corrected chi connectivity index (χ0v) is 20.1. The molecule has 0 spiro atoms. The van der Waals surface area contributed by atoms with Gasteiger partial charge in [0, 0.05) is 12.3 Å². The first-order valence-electron chi connectivity index (χ1n) is 12.4. The van der Waals surface area contributed by atoms with Gasteiger partial charge in [-0.2, -0.15) is 0 Å². The third kappa shape index (κ3) is 10.9. The average Bonchev–Trinajstić information content (AvgIpc) is 2.73. The van der Waals surface area contributed by atoms with Crippen LogP contribution in [0.25, 0.3) is 0 Å². The zero-order chi connectivity index (χ0) is 23.2. The molecule has 1 rings (SSSR count). The Morgan fingerprint density at radius 2 is 1.39 bits per heavy atom. The summed E-state index contributed by atoms with van der Waals surface area (Å²) in [4.78, 5) is 49.9. The Hall–Kier alpha value is -1.72. The number of carbonyl (C=O) groups is 4. The van der Waals surface area contributed by atoms with Crippen LogP contribution in [0.15, 0.2) is 0 Å². The van der Waals surface area contributed by atoms with Gasteiger partial charge in [0.25, 0.3) is 0 Å². The first kappa shape index (κ1) is 27.3. The second-order valence-corrected chi connectivity index (χ2v) is 9.36. The molecule has 6 nitrogen and oxygen atoms in total. The molecule has 0 aromatic heterocycles. The highest BCUT2D eigenvalue weighted by atomic mass is 16.2. The van der Waals surface area contributed by atoms with Crippen LogP contribution >= 0.6 is 0 Å². The first-order valence-corrected chi connectivity index (χ1v) is 12.4. The lowest BCUT2D eigenvalue weighted by Crippen LogP contribution is -2.53. The third-order valence-electron chi connectivity index (χ3n) is 6.39. The van der Waals surface area contributed by atoms with Crippen molar-refractivity contribution in [2.45, 2.75) is 123 Å². The molecule has 3 unspecified atom stereocenters. The van der Waals surface area contributed by atoms with Crippen molar-refractivity contribution in [1.29, 1.82) is 0 Å². The smallest absolute Gasteiger partial charge is 0.243 e. The van der Waals surface area contributed by atoms with Crippen LogP contribution in [0.2, 0.25) is 0 Å². The van der Waals surface area contributed by atoms with Gasteiger partial charge in [-0.15, -0.1) is 0 Å². The summed E-state index contributed by atoms with van der Waals surface area (Å²) < 4.78 is 0. The highest BCUT2D eigenvalue weighted by Crippen LogP contribution is 2.28. The highest BCUT2D eigenvalue weighted by Gasteiger charge is 2.30. The molecule has 0 aromatic rings. The SMILES string of the molecule is CCCCC(CC(C)=O)C(=O)NC(CC1CCCCC1)C(=O)NC(CCCC)C(C)=O. The van der Waals surface area contributed by atoms with Crippen LogP contribution in [0.3, 0.4) is 0 Å². The van der Waals surface area contributed by atoms with Gasteiger partial charge in [-0.25, -0.2) is 0 Å². The number of amides is 2. The molecule has 0 bridgehead atoms. The van der Waals surface area contributed by atoms with Gasteiger partial charge in [0.05, 0.1) is 6.04 Å². The number of Topliss-reactive ketones (excluding diaryl/α,β-unsaturated/α-hetero) is 2. The predicted molar refractivity (Wildman–Crippen MR) is 124 cm³/mol. The summed E-state index contributed by atoms with van der Waals surface area (Å²) in [5.41, 5.74) is 0. The molecule has 0 aromatic carbocycles. The summed E-state index contributed by atoms with van der Waals surface area (Å²) in [6.45, 7) is 7.11. The molecule has 0 heterocycles. The fourth-order valence-electron chi connectivity index (χ4n) is 4.46. The van der Waals surface area contributed by atoms with E-state index in [2.05, 4.69) is 24.5 Å². The Balaban J connectivity index is 2.91. The molecule has 6 heteroatoms. The van der Waals surface area contributed by atoms with E-state index in [-0.39, 0.29) is 29.8 Å². The molecular formula is C25H44N2O4. The van der Waals surface area contributed by atoms with Crippen molar-refractivity contribution in [3.63, 3.8) is 0 Å². The standard InChI is InChI=1S/C25H44N2O4/c1-5-7-14-21(16-18(3)28)24(30)27-23(17-20-12-10-9-11-13-20)25(31)26-22(19(4)29)15-8-6-2/h20-23H,5-17H2,1-4H3,(H,26,31)(H,27,30). The van der Waals surface area contributed by atoms with Gasteiger partial charge < -0.3 is 15.4 Å². The monoisotopic (exact) mass is 436 g/mol. The van der Waals surface area contributed by atoms with Gasteiger partial charge >= 0.3 is 0 Å². The van der Waals surface area contributed by atoms with Crippen molar-refractivity contribution < 1.29 is 19.2 Å². The molecule has 0 radical (unpaired) electrons. The lowest BCUT2D eigenvalue weighted by Gasteiger charge is -2.29. The molecule has 1 aliphatic carbocycles. The van der Waals surface area contributed by atoms with Crippen LogP contribution < -0.4 is 10.6 Å². The molecule has 1 fully saturated rings. The van der Waals surface area contributed by atoms with Crippen molar-refractivity contribution in [3.8, 4) is 0 Å². The topological polar surface area (TPSA) is 92.3 Å². The van der Waals surface area contributed by atoms with E-state index in [4.69, 9.17) is 0 Å². The van der Waals surface area contributed by atoms with Crippen molar-refractivity contribution in [1.82, 2.24) is 10.6 Å². The van der Waals surface area contributed by atoms with Crippen molar-refractivity contribution in [2.24, 2.45) is 11.8 Å². The Morgan fingerprint density at radius 3 is 1.94 bits per heavy atom. The normalized spacial score (nSPS) is 17.4. The van der Waals surface area contributed by atoms with Gasteiger partial charge in [-0.05, 0) is 39.0 Å². The van der Waals surface area contributed by atoms with Crippen LogP contribution in [0.5, 0.6) is 0 Å². The summed E-state index contributed by atoms with van der Waals surface area (Å²) >= 11 is 0. The predicted octanol–water partition coefficient (Wildman–Crippen LogP) is 4.49. The van der Waals surface area contributed by atoms with Crippen molar-refractivity contribution in [2.75, 3.05) is 0 Å². The minimum atomic E-state index is -0.657. The molecule has 0 aliphatic heterocycles. The minimum absolute atomic E-state index is 0.0132. The average molecular weight is 437 g/mol. The van der Waals surface area contributed by atoms with Gasteiger partial charge in [0.1, 0.15) is 11.8 Å². The Kier molecular flexibility index (Phi) is 13.3. The first-order chi connectivity index (χ1) is 14.8. The molecule has 1 aliphatic rings. The maximum Gasteiger partial charge on any atom is 0.243 e. The molecule has 0 saturated heterocycles. The summed E-state index contributed by atoms with van der Waals surface area (Å²) in [6, 6.07) is -1.17. The number of carbonyl (C=O) groups excluding carboxylic acids is 4. The van der Waals surface area contributed by atoms with Crippen LogP contribution in [-0.4, -0.2) is 35.5 Å². The van der Waals surface area contributed by atoms with Crippen molar-refractivity contribution in [3.05, 3.63) is 0 Å². The van der Waals surface area contributed by atoms with E-state index >= 15 is 0 Å². The number of hydrogen-bond acceptors (Lipinski definition) is 4. The number of nitrogens with one attached hydrogen (secondary N) is 2. The zero-order valence-electron chi connectivity index (χ0n) is 20.1. The number of unbranched alkanes of at least 4 members (excludes halogenated alkanes) is 2. The van der Waals surface area contributed by atoms with E-state index < -0.39 is 18.0 Å². The summed E-state index contributed by atoms with van der Waals surface area (Å²) in [5.74, 6) is -0.552. The van der Waals surface area contributed by atoms with Gasteiger partial charge in [-0.3, -0.25) is 14.4 Å². The van der Waals surface area contributed by atoms with E-state index in [1.54, 1.807) is 0 Å². The van der Waals surface area contributed by atoms with Crippen LogP contribution in [0, 0.1) is 11.8 Å². The van der Waals surface area contributed by atoms with Crippen LogP contribution in [0.4, 0.5) is 0 Å². The fourth-order valence-corrected chi connectivity index (χ4v) is 4.46. The quantitative estimate of drug-likeness (QED) is 0.395. The Labute approximate surface area is 188 Å². The minimum Gasteiger partial charge on any atom is -0.345 e. The summed E-state index contributed by atoms with van der Waals surface area (Å²) in [5, 5.41) is 5.86. The third-order valence-corrected chi connectivity index (χ3v) is 6.39. The second kappa shape index (κ2) is 15.1. The fraction of sp³-hybridized carbons (Fsp3) is 0.840. The summed E-state index contributed by atoms with van der Waals surface area (Å²) in [7, 11) is 0. The number of rotatable bonds is 15. The van der Waals surface area contributed by atoms with E-state index in [1.165, 1.54) is 20.3 Å². The molecule has 3 atom stereocenters. The van der Waals surface area contributed by atoms with E-state index in [1.807, 2.05) is 0 Å². The van der Waals surface area contributed by atoms with Crippen molar-refractivity contribution >= 4 is 23.4 Å². The number of ketones is 2. The largest absolute Gasteiger partial charge is 0.345 e. The maximum absolute atomic E-state index is 13.1.